The van der Waals surface area contributed by atoms with Crippen LogP contribution in [-0.2, 0) is 11.2 Å². The SMILES string of the molecule is O=C1NC(=O)C(c2ccc3c(c2)C=CCCC3)S1. The van der Waals surface area contributed by atoms with Crippen LogP contribution in [0.5, 0.6) is 0 Å². The molecule has 18 heavy (non-hydrogen) atoms. The molecular formula is C14H13NO2S. The Balaban J connectivity index is 1.96. The molecule has 0 spiro atoms. The second-order valence-corrected chi connectivity index (χ2v) is 5.61. The van der Waals surface area contributed by atoms with Crippen molar-refractivity contribution in [2.75, 3.05) is 0 Å². The fourth-order valence-electron chi connectivity index (χ4n) is 2.36. The molecule has 0 aromatic heterocycles. The van der Waals surface area contributed by atoms with E-state index in [2.05, 4.69) is 23.5 Å². The lowest BCUT2D eigenvalue weighted by Gasteiger charge is -2.09. The van der Waals surface area contributed by atoms with E-state index in [0.717, 1.165) is 30.2 Å². The number of imide groups is 1. The zero-order valence-electron chi connectivity index (χ0n) is 9.81. The van der Waals surface area contributed by atoms with Gasteiger partial charge in [-0.15, -0.1) is 0 Å². The van der Waals surface area contributed by atoms with Gasteiger partial charge in [-0.05, 0) is 53.8 Å². The maximum absolute atomic E-state index is 11.7. The molecule has 2 amide bonds. The van der Waals surface area contributed by atoms with Crippen LogP contribution in [0.2, 0.25) is 0 Å². The third-order valence-electron chi connectivity index (χ3n) is 3.28. The number of carbonyl (C=O) groups excluding carboxylic acids is 2. The molecule has 1 heterocycles. The molecule has 3 nitrogen and oxygen atoms in total. The largest absolute Gasteiger partial charge is 0.286 e. The van der Waals surface area contributed by atoms with E-state index in [1.54, 1.807) is 0 Å². The van der Waals surface area contributed by atoms with Gasteiger partial charge in [0.05, 0.1) is 0 Å². The molecular weight excluding hydrogens is 246 g/mol. The molecule has 0 radical (unpaired) electrons. The van der Waals surface area contributed by atoms with Gasteiger partial charge in [0.2, 0.25) is 5.91 Å². The highest BCUT2D eigenvalue weighted by Crippen LogP contribution is 2.35. The van der Waals surface area contributed by atoms with Crippen LogP contribution in [0.1, 0.15) is 34.8 Å². The molecule has 3 rings (SSSR count). The number of amides is 2. The molecule has 1 N–H and O–H groups in total. The van der Waals surface area contributed by atoms with Crippen molar-refractivity contribution in [3.8, 4) is 0 Å². The van der Waals surface area contributed by atoms with Gasteiger partial charge < -0.3 is 0 Å². The number of benzene rings is 1. The van der Waals surface area contributed by atoms with Crippen LogP contribution < -0.4 is 5.32 Å². The molecule has 1 fully saturated rings. The lowest BCUT2D eigenvalue weighted by molar-refractivity contribution is -0.119. The smallest absolute Gasteiger partial charge is 0.286 e. The monoisotopic (exact) mass is 259 g/mol. The molecule has 4 heteroatoms. The average molecular weight is 259 g/mol. The van der Waals surface area contributed by atoms with E-state index in [9.17, 15) is 9.59 Å². The molecule has 0 bridgehead atoms. The van der Waals surface area contributed by atoms with Gasteiger partial charge >= 0.3 is 0 Å². The molecule has 2 aliphatic rings. The number of thioether (sulfide) groups is 1. The van der Waals surface area contributed by atoms with Gasteiger partial charge in [-0.25, -0.2) is 0 Å². The summed E-state index contributed by atoms with van der Waals surface area (Å²) in [5, 5.41) is 1.68. The van der Waals surface area contributed by atoms with Crippen molar-refractivity contribution in [2.24, 2.45) is 0 Å². The maximum Gasteiger partial charge on any atom is 0.286 e. The normalized spacial score (nSPS) is 22.6. The van der Waals surface area contributed by atoms with Gasteiger partial charge in [-0.2, -0.15) is 0 Å². The minimum Gasteiger partial charge on any atom is -0.286 e. The lowest BCUT2D eigenvalue weighted by atomic mass is 10.00. The van der Waals surface area contributed by atoms with Crippen molar-refractivity contribution in [2.45, 2.75) is 24.5 Å². The molecule has 1 saturated heterocycles. The number of hydrogen-bond acceptors (Lipinski definition) is 3. The minimum atomic E-state index is -0.389. The first kappa shape index (κ1) is 11.5. The van der Waals surface area contributed by atoms with E-state index in [1.165, 1.54) is 17.5 Å². The second kappa shape index (κ2) is 4.61. The van der Waals surface area contributed by atoms with Gasteiger partial charge in [0.1, 0.15) is 5.25 Å². The zero-order chi connectivity index (χ0) is 12.5. The van der Waals surface area contributed by atoms with Crippen LogP contribution in [-0.4, -0.2) is 11.1 Å². The van der Waals surface area contributed by atoms with Crippen LogP contribution >= 0.6 is 11.8 Å². The molecule has 1 aromatic rings. The highest BCUT2D eigenvalue weighted by molar-refractivity contribution is 8.15. The molecule has 1 atom stereocenters. The fraction of sp³-hybridized carbons (Fsp3) is 0.286. The molecule has 1 aromatic carbocycles. The lowest BCUT2D eigenvalue weighted by Crippen LogP contribution is -2.20. The Morgan fingerprint density at radius 3 is 2.94 bits per heavy atom. The Bertz CT molecular complexity index is 551. The quantitative estimate of drug-likeness (QED) is 0.843. The summed E-state index contributed by atoms with van der Waals surface area (Å²) >= 11 is 1.06. The predicted octanol–water partition coefficient (Wildman–Crippen LogP) is 3.06. The van der Waals surface area contributed by atoms with Crippen LogP contribution in [0, 0.1) is 0 Å². The van der Waals surface area contributed by atoms with Gasteiger partial charge in [0.25, 0.3) is 5.24 Å². The van der Waals surface area contributed by atoms with E-state index < -0.39 is 0 Å². The van der Waals surface area contributed by atoms with Crippen LogP contribution in [0.3, 0.4) is 0 Å². The Labute approximate surface area is 110 Å². The number of carbonyl (C=O) groups is 2. The summed E-state index contributed by atoms with van der Waals surface area (Å²) in [6.07, 6.45) is 7.63. The Morgan fingerprint density at radius 2 is 2.17 bits per heavy atom. The number of rotatable bonds is 1. The van der Waals surface area contributed by atoms with Crippen molar-refractivity contribution >= 4 is 29.0 Å². The fourth-order valence-corrected chi connectivity index (χ4v) is 3.18. The topological polar surface area (TPSA) is 46.2 Å². The summed E-state index contributed by atoms with van der Waals surface area (Å²) in [5.41, 5.74) is 3.41. The van der Waals surface area contributed by atoms with Crippen LogP contribution in [0.4, 0.5) is 4.79 Å². The van der Waals surface area contributed by atoms with Crippen molar-refractivity contribution in [1.82, 2.24) is 5.32 Å². The Hall–Kier alpha value is -1.55. The van der Waals surface area contributed by atoms with Crippen LogP contribution in [0.15, 0.2) is 24.3 Å². The number of nitrogens with one attached hydrogen (secondary N) is 1. The third kappa shape index (κ3) is 2.08. The first-order valence-corrected chi connectivity index (χ1v) is 6.93. The van der Waals surface area contributed by atoms with Gasteiger partial charge in [0.15, 0.2) is 0 Å². The van der Waals surface area contributed by atoms with Crippen molar-refractivity contribution in [3.63, 3.8) is 0 Å². The third-order valence-corrected chi connectivity index (χ3v) is 4.31. The summed E-state index contributed by atoms with van der Waals surface area (Å²) in [6, 6.07) is 6.08. The molecule has 0 saturated carbocycles. The summed E-state index contributed by atoms with van der Waals surface area (Å²) < 4.78 is 0. The van der Waals surface area contributed by atoms with Gasteiger partial charge in [0, 0.05) is 0 Å². The van der Waals surface area contributed by atoms with Crippen molar-refractivity contribution in [1.29, 1.82) is 0 Å². The van der Waals surface area contributed by atoms with Gasteiger partial charge in [-0.3, -0.25) is 14.9 Å². The predicted molar refractivity (Wildman–Crippen MR) is 72.3 cm³/mol. The van der Waals surface area contributed by atoms with E-state index in [4.69, 9.17) is 0 Å². The highest BCUT2D eigenvalue weighted by Gasteiger charge is 2.33. The molecule has 92 valence electrons. The zero-order valence-corrected chi connectivity index (χ0v) is 10.6. The Kier molecular flexibility index (Phi) is 2.96. The minimum absolute atomic E-state index is 0.206. The second-order valence-electron chi connectivity index (χ2n) is 4.53. The molecule has 1 aliphatic carbocycles. The van der Waals surface area contributed by atoms with Crippen LogP contribution in [0.25, 0.3) is 6.08 Å². The summed E-state index contributed by atoms with van der Waals surface area (Å²) in [4.78, 5) is 22.8. The number of fused-ring (bicyclic) bond motifs is 1. The summed E-state index contributed by atoms with van der Waals surface area (Å²) in [5.74, 6) is -0.206. The summed E-state index contributed by atoms with van der Waals surface area (Å²) in [6.45, 7) is 0. The number of allylic oxidation sites excluding steroid dienone is 1. The maximum atomic E-state index is 11.7. The molecule has 1 aliphatic heterocycles. The van der Waals surface area contributed by atoms with Gasteiger partial charge in [-0.1, -0.05) is 24.3 Å². The molecule has 1 unspecified atom stereocenters. The average Bonchev–Trinajstić information content (AvgIpc) is 2.58. The van der Waals surface area contributed by atoms with E-state index in [1.807, 2.05) is 12.1 Å². The van der Waals surface area contributed by atoms with E-state index >= 15 is 0 Å². The van der Waals surface area contributed by atoms with Crippen molar-refractivity contribution in [3.05, 3.63) is 41.0 Å². The highest BCUT2D eigenvalue weighted by atomic mass is 32.2. The first-order chi connectivity index (χ1) is 8.74. The first-order valence-electron chi connectivity index (χ1n) is 6.05. The van der Waals surface area contributed by atoms with E-state index in [-0.39, 0.29) is 16.4 Å². The Morgan fingerprint density at radius 1 is 1.28 bits per heavy atom. The van der Waals surface area contributed by atoms with E-state index in [0.29, 0.717) is 0 Å². The summed E-state index contributed by atoms with van der Waals surface area (Å²) in [7, 11) is 0. The van der Waals surface area contributed by atoms with Crippen molar-refractivity contribution < 1.29 is 9.59 Å². The number of aryl methyl sites for hydroxylation is 1. The standard InChI is InChI=1S/C14H13NO2S/c16-13-12(18-14(17)15-13)11-7-6-9-4-2-1-3-5-10(9)8-11/h3,5-8,12H,1-2,4H2,(H,15,16,17). The number of hydrogen-bond donors (Lipinski definition) is 1.